The summed E-state index contributed by atoms with van der Waals surface area (Å²) in [5.74, 6) is 0.810. The molecule has 260 valence electrons. The van der Waals surface area contributed by atoms with Crippen molar-refractivity contribution >= 4 is 76.2 Å². The highest BCUT2D eigenvalue weighted by Gasteiger charge is 2.24. The summed E-state index contributed by atoms with van der Waals surface area (Å²) in [6.07, 6.45) is 0. The Hall–Kier alpha value is -7.56. The Morgan fingerprint density at radius 3 is 1.77 bits per heavy atom. The highest BCUT2D eigenvalue weighted by molar-refractivity contribution is 6.28. The molecule has 0 fully saturated rings. The molecule has 0 saturated heterocycles. The van der Waals surface area contributed by atoms with Crippen LogP contribution in [0.5, 0.6) is 0 Å². The maximum atomic E-state index is 5.57. The number of nitrogens with zero attached hydrogens (tertiary/aromatic N) is 4. The van der Waals surface area contributed by atoms with E-state index in [2.05, 4.69) is 203 Å². The number of aromatic nitrogens is 4. The van der Waals surface area contributed by atoms with E-state index in [0.717, 1.165) is 66.6 Å². The average molecular weight is 713 g/mol. The van der Waals surface area contributed by atoms with Gasteiger partial charge < -0.3 is 4.57 Å². The molecular weight excluding hydrogens is 681 g/mol. The molecule has 0 unspecified atom stereocenters. The predicted molar refractivity (Wildman–Crippen MR) is 234 cm³/mol. The minimum absolute atomic E-state index is 0.810. The standard InChI is InChI=1S/C52H32N4/c1-2-12-33(13-3-1)35-26-29-39(30-27-35)55-44-20-9-8-18-41(44)42-19-10-21-45-48(42)49-46(55)22-11-23-47(49)56(45)52-50(38-25-24-34-14-4-5-16-37(34)32-38)54-51-40-17-7-6-15-36(40)28-31-43(51)53-52/h1-32H. The van der Waals surface area contributed by atoms with Crippen LogP contribution in [0, 0.1) is 0 Å². The van der Waals surface area contributed by atoms with Crippen molar-refractivity contribution in [3.63, 3.8) is 0 Å². The Balaban J connectivity index is 1.21. The number of benzene rings is 9. The Morgan fingerprint density at radius 1 is 0.339 bits per heavy atom. The fraction of sp³-hybridized carbons (Fsp3) is 0. The molecule has 12 rings (SSSR count). The van der Waals surface area contributed by atoms with Crippen molar-refractivity contribution in [3.8, 4) is 33.9 Å². The van der Waals surface area contributed by atoms with Gasteiger partial charge in [0.05, 0.1) is 33.1 Å². The van der Waals surface area contributed by atoms with E-state index in [9.17, 15) is 0 Å². The summed E-state index contributed by atoms with van der Waals surface area (Å²) in [5, 5.41) is 9.39. The van der Waals surface area contributed by atoms with Gasteiger partial charge in [0.25, 0.3) is 0 Å². The predicted octanol–water partition coefficient (Wildman–Crippen LogP) is 13.5. The Kier molecular flexibility index (Phi) is 6.60. The highest BCUT2D eigenvalue weighted by atomic mass is 15.1. The SMILES string of the molecule is c1ccc(-c2ccc(-n3c4ccccc4c4cccc5c4c4c3cccc4n5-c3nc4ccc5ccccc5c4nc3-c3ccc4ccccc4c3)cc2)cc1. The van der Waals surface area contributed by atoms with Crippen LogP contribution in [0.25, 0.3) is 110 Å². The summed E-state index contributed by atoms with van der Waals surface area (Å²) in [6, 6.07) is 69.6. The summed E-state index contributed by atoms with van der Waals surface area (Å²) >= 11 is 0. The third-order valence-electron chi connectivity index (χ3n) is 11.5. The first kappa shape index (κ1) is 30.9. The summed E-state index contributed by atoms with van der Waals surface area (Å²) in [5.41, 5.74) is 11.6. The van der Waals surface area contributed by atoms with E-state index in [-0.39, 0.29) is 0 Å². The molecule has 0 amide bonds. The van der Waals surface area contributed by atoms with Gasteiger partial charge in [-0.1, -0.05) is 146 Å². The molecule has 12 aromatic rings. The van der Waals surface area contributed by atoms with Crippen molar-refractivity contribution < 1.29 is 0 Å². The first-order valence-corrected chi connectivity index (χ1v) is 19.1. The molecule has 0 aliphatic carbocycles. The molecule has 3 aromatic heterocycles. The summed E-state index contributed by atoms with van der Waals surface area (Å²) < 4.78 is 4.78. The highest BCUT2D eigenvalue weighted by Crippen LogP contribution is 2.43. The Morgan fingerprint density at radius 2 is 0.929 bits per heavy atom. The third kappa shape index (κ3) is 4.53. The first-order chi connectivity index (χ1) is 27.8. The zero-order valence-electron chi connectivity index (χ0n) is 30.3. The van der Waals surface area contributed by atoms with Gasteiger partial charge in [-0.05, 0) is 81.2 Å². The van der Waals surface area contributed by atoms with Crippen molar-refractivity contribution in [3.05, 3.63) is 194 Å². The third-order valence-corrected chi connectivity index (χ3v) is 11.5. The van der Waals surface area contributed by atoms with Crippen LogP contribution in [0.15, 0.2) is 194 Å². The molecule has 4 heteroatoms. The van der Waals surface area contributed by atoms with Crippen LogP contribution in [0.4, 0.5) is 0 Å². The largest absolute Gasteiger partial charge is 0.309 e. The zero-order valence-corrected chi connectivity index (χ0v) is 30.3. The molecule has 0 saturated carbocycles. The molecule has 56 heavy (non-hydrogen) atoms. The summed E-state index contributed by atoms with van der Waals surface area (Å²) in [4.78, 5) is 11.1. The van der Waals surface area contributed by atoms with Crippen LogP contribution < -0.4 is 0 Å². The van der Waals surface area contributed by atoms with Crippen LogP contribution in [-0.2, 0) is 0 Å². The molecule has 0 aliphatic heterocycles. The van der Waals surface area contributed by atoms with E-state index in [4.69, 9.17) is 9.97 Å². The van der Waals surface area contributed by atoms with Crippen molar-refractivity contribution in [1.29, 1.82) is 0 Å². The van der Waals surface area contributed by atoms with Gasteiger partial charge in [-0.15, -0.1) is 0 Å². The van der Waals surface area contributed by atoms with Crippen LogP contribution in [-0.4, -0.2) is 19.1 Å². The van der Waals surface area contributed by atoms with Gasteiger partial charge in [0, 0.05) is 32.8 Å². The van der Waals surface area contributed by atoms with E-state index >= 15 is 0 Å². The van der Waals surface area contributed by atoms with E-state index in [1.807, 2.05) is 0 Å². The van der Waals surface area contributed by atoms with Gasteiger partial charge >= 0.3 is 0 Å². The second-order valence-electron chi connectivity index (χ2n) is 14.6. The van der Waals surface area contributed by atoms with Crippen molar-refractivity contribution in [2.45, 2.75) is 0 Å². The van der Waals surface area contributed by atoms with Gasteiger partial charge in [-0.25, -0.2) is 9.97 Å². The molecule has 3 heterocycles. The normalized spacial score (nSPS) is 11.9. The fourth-order valence-corrected chi connectivity index (χ4v) is 8.93. The molecule has 0 bridgehead atoms. The van der Waals surface area contributed by atoms with Crippen molar-refractivity contribution in [1.82, 2.24) is 19.1 Å². The molecule has 9 aromatic carbocycles. The quantitative estimate of drug-likeness (QED) is 0.170. The molecule has 0 atom stereocenters. The Bertz CT molecular complexity index is 3520. The van der Waals surface area contributed by atoms with E-state index in [1.165, 1.54) is 43.4 Å². The van der Waals surface area contributed by atoms with Gasteiger partial charge in [0.1, 0.15) is 5.69 Å². The molecule has 0 aliphatic rings. The van der Waals surface area contributed by atoms with Crippen molar-refractivity contribution in [2.75, 3.05) is 0 Å². The minimum atomic E-state index is 0.810. The van der Waals surface area contributed by atoms with Gasteiger partial charge in [0.15, 0.2) is 5.82 Å². The number of hydrogen-bond acceptors (Lipinski definition) is 2. The lowest BCUT2D eigenvalue weighted by atomic mass is 10.0. The van der Waals surface area contributed by atoms with Crippen LogP contribution in [0.3, 0.4) is 0 Å². The van der Waals surface area contributed by atoms with E-state index in [0.29, 0.717) is 0 Å². The van der Waals surface area contributed by atoms with Crippen LogP contribution in [0.2, 0.25) is 0 Å². The molecule has 4 nitrogen and oxygen atoms in total. The van der Waals surface area contributed by atoms with E-state index < -0.39 is 0 Å². The number of rotatable bonds is 4. The summed E-state index contributed by atoms with van der Waals surface area (Å²) in [7, 11) is 0. The minimum Gasteiger partial charge on any atom is -0.309 e. The summed E-state index contributed by atoms with van der Waals surface area (Å²) in [6.45, 7) is 0. The molecule has 0 spiro atoms. The van der Waals surface area contributed by atoms with E-state index in [1.54, 1.807) is 0 Å². The van der Waals surface area contributed by atoms with Gasteiger partial charge in [-0.2, -0.15) is 0 Å². The first-order valence-electron chi connectivity index (χ1n) is 19.1. The molecule has 0 N–H and O–H groups in total. The maximum absolute atomic E-state index is 5.57. The topological polar surface area (TPSA) is 35.6 Å². The van der Waals surface area contributed by atoms with Gasteiger partial charge in [0.2, 0.25) is 0 Å². The number of hydrogen-bond donors (Lipinski definition) is 0. The second kappa shape index (κ2) is 12.0. The lowest BCUT2D eigenvalue weighted by Crippen LogP contribution is -2.04. The molecular formula is C52H32N4. The van der Waals surface area contributed by atoms with Gasteiger partial charge in [-0.3, -0.25) is 4.57 Å². The monoisotopic (exact) mass is 712 g/mol. The van der Waals surface area contributed by atoms with Crippen molar-refractivity contribution in [2.24, 2.45) is 0 Å². The number of para-hydroxylation sites is 1. The fourth-order valence-electron chi connectivity index (χ4n) is 8.93. The lowest BCUT2D eigenvalue weighted by Gasteiger charge is -2.16. The van der Waals surface area contributed by atoms with Crippen LogP contribution >= 0.6 is 0 Å². The average Bonchev–Trinajstić information content (AvgIpc) is 3.55. The lowest BCUT2D eigenvalue weighted by molar-refractivity contribution is 1.08. The van der Waals surface area contributed by atoms with Crippen LogP contribution in [0.1, 0.15) is 0 Å². The second-order valence-corrected chi connectivity index (χ2v) is 14.6. The number of fused-ring (bicyclic) bond motifs is 6. The maximum Gasteiger partial charge on any atom is 0.165 e. The Labute approximate surface area is 322 Å². The zero-order chi connectivity index (χ0) is 36.7. The smallest absolute Gasteiger partial charge is 0.165 e. The molecule has 0 radical (unpaired) electrons.